The maximum atomic E-state index is 6.06. The van der Waals surface area contributed by atoms with Gasteiger partial charge in [-0.05, 0) is 18.2 Å². The summed E-state index contributed by atoms with van der Waals surface area (Å²) in [5.41, 5.74) is 1.01. The smallest absolute Gasteiger partial charge is 0.0936 e. The molecule has 0 bridgehead atoms. The van der Waals surface area contributed by atoms with Gasteiger partial charge in [0.25, 0.3) is 0 Å². The first-order valence-electron chi connectivity index (χ1n) is 5.82. The molecule has 0 saturated carbocycles. The number of halogens is 1. The summed E-state index contributed by atoms with van der Waals surface area (Å²) in [4.78, 5) is 0. The van der Waals surface area contributed by atoms with E-state index in [0.717, 1.165) is 23.7 Å². The first-order chi connectivity index (χ1) is 8.27. The zero-order chi connectivity index (χ0) is 12.5. The van der Waals surface area contributed by atoms with Crippen molar-refractivity contribution in [2.75, 3.05) is 26.8 Å². The number of rotatable bonds is 8. The summed E-state index contributed by atoms with van der Waals surface area (Å²) in [6, 6.07) is 7.71. The Morgan fingerprint density at radius 2 is 2.12 bits per heavy atom. The Bertz CT molecular complexity index is 320. The van der Waals surface area contributed by atoms with Gasteiger partial charge in [0, 0.05) is 18.7 Å². The summed E-state index contributed by atoms with van der Waals surface area (Å²) in [6.07, 6.45) is 0.0521. The Morgan fingerprint density at radius 3 is 2.76 bits per heavy atom. The van der Waals surface area contributed by atoms with Crippen LogP contribution >= 0.6 is 11.6 Å². The minimum absolute atomic E-state index is 0.0521. The van der Waals surface area contributed by atoms with Crippen molar-refractivity contribution < 1.29 is 9.47 Å². The fourth-order valence-corrected chi connectivity index (χ4v) is 1.67. The Labute approximate surface area is 108 Å². The van der Waals surface area contributed by atoms with Crippen LogP contribution in [-0.2, 0) is 16.1 Å². The third-order valence-electron chi connectivity index (χ3n) is 2.41. The lowest BCUT2D eigenvalue weighted by Crippen LogP contribution is -2.32. The number of benzene rings is 1. The number of nitrogens with one attached hydrogen (secondary N) is 1. The fourth-order valence-electron chi connectivity index (χ4n) is 1.48. The van der Waals surface area contributed by atoms with Crippen LogP contribution in [0.15, 0.2) is 24.3 Å². The minimum Gasteiger partial charge on any atom is -0.382 e. The molecule has 1 aromatic rings. The Morgan fingerprint density at radius 1 is 1.35 bits per heavy atom. The predicted octanol–water partition coefficient (Wildman–Crippen LogP) is 2.48. The highest BCUT2D eigenvalue weighted by Gasteiger charge is 2.09. The standard InChI is InChI=1S/C13H20ClNO2/c1-3-15-8-12(10-16-2)17-9-11-6-4-5-7-13(11)14/h4-7,12,15H,3,8-10H2,1-2H3. The van der Waals surface area contributed by atoms with E-state index in [4.69, 9.17) is 21.1 Å². The summed E-state index contributed by atoms with van der Waals surface area (Å²) in [5.74, 6) is 0. The Balaban J connectivity index is 2.42. The first kappa shape index (κ1) is 14.5. The molecule has 0 amide bonds. The molecule has 0 aliphatic rings. The summed E-state index contributed by atoms with van der Waals surface area (Å²) in [5, 5.41) is 3.99. The van der Waals surface area contributed by atoms with E-state index in [2.05, 4.69) is 12.2 Å². The number of hydrogen-bond donors (Lipinski definition) is 1. The molecule has 0 spiro atoms. The van der Waals surface area contributed by atoms with Crippen molar-refractivity contribution in [2.24, 2.45) is 0 Å². The van der Waals surface area contributed by atoms with Gasteiger partial charge >= 0.3 is 0 Å². The van der Waals surface area contributed by atoms with Crippen molar-refractivity contribution in [2.45, 2.75) is 19.6 Å². The van der Waals surface area contributed by atoms with Crippen molar-refractivity contribution >= 4 is 11.6 Å². The van der Waals surface area contributed by atoms with Crippen LogP contribution in [0.2, 0.25) is 5.02 Å². The van der Waals surface area contributed by atoms with E-state index in [1.807, 2.05) is 24.3 Å². The van der Waals surface area contributed by atoms with Gasteiger partial charge < -0.3 is 14.8 Å². The van der Waals surface area contributed by atoms with Gasteiger partial charge in [0.2, 0.25) is 0 Å². The van der Waals surface area contributed by atoms with Crippen molar-refractivity contribution in [3.63, 3.8) is 0 Å². The van der Waals surface area contributed by atoms with Crippen LogP contribution in [0.4, 0.5) is 0 Å². The number of hydrogen-bond acceptors (Lipinski definition) is 3. The van der Waals surface area contributed by atoms with Gasteiger partial charge in [0.1, 0.15) is 0 Å². The van der Waals surface area contributed by atoms with Crippen LogP contribution in [0.5, 0.6) is 0 Å². The van der Waals surface area contributed by atoms with Crippen molar-refractivity contribution in [1.29, 1.82) is 0 Å². The molecule has 0 radical (unpaired) electrons. The second kappa shape index (κ2) is 8.48. The summed E-state index contributed by atoms with van der Waals surface area (Å²) >= 11 is 6.06. The molecular weight excluding hydrogens is 238 g/mol. The quantitative estimate of drug-likeness (QED) is 0.776. The van der Waals surface area contributed by atoms with Gasteiger partial charge in [0.15, 0.2) is 0 Å². The Hall–Kier alpha value is -0.610. The average molecular weight is 258 g/mol. The lowest BCUT2D eigenvalue weighted by atomic mass is 10.2. The van der Waals surface area contributed by atoms with Gasteiger partial charge in [0.05, 0.1) is 19.3 Å². The van der Waals surface area contributed by atoms with Gasteiger partial charge in [-0.2, -0.15) is 0 Å². The average Bonchev–Trinajstić information content (AvgIpc) is 2.34. The van der Waals surface area contributed by atoms with Crippen LogP contribution in [0, 0.1) is 0 Å². The molecule has 1 unspecified atom stereocenters. The molecule has 0 saturated heterocycles. The molecule has 1 N–H and O–H groups in total. The van der Waals surface area contributed by atoms with E-state index >= 15 is 0 Å². The minimum atomic E-state index is 0.0521. The summed E-state index contributed by atoms with van der Waals surface area (Å²) < 4.78 is 10.9. The summed E-state index contributed by atoms with van der Waals surface area (Å²) in [7, 11) is 1.68. The van der Waals surface area contributed by atoms with Crippen LogP contribution in [0.25, 0.3) is 0 Å². The van der Waals surface area contributed by atoms with Gasteiger partial charge in [-0.1, -0.05) is 36.7 Å². The zero-order valence-electron chi connectivity index (χ0n) is 10.4. The normalized spacial score (nSPS) is 12.6. The predicted molar refractivity (Wildman–Crippen MR) is 70.4 cm³/mol. The molecule has 1 aromatic carbocycles. The molecule has 1 rings (SSSR count). The maximum Gasteiger partial charge on any atom is 0.0936 e. The lowest BCUT2D eigenvalue weighted by Gasteiger charge is -2.17. The largest absolute Gasteiger partial charge is 0.382 e. The molecule has 96 valence electrons. The number of methoxy groups -OCH3 is 1. The van der Waals surface area contributed by atoms with Crippen molar-refractivity contribution in [3.05, 3.63) is 34.9 Å². The van der Waals surface area contributed by atoms with Crippen LogP contribution in [-0.4, -0.2) is 32.9 Å². The SMILES string of the molecule is CCNCC(COC)OCc1ccccc1Cl. The fraction of sp³-hybridized carbons (Fsp3) is 0.538. The highest BCUT2D eigenvalue weighted by atomic mass is 35.5. The van der Waals surface area contributed by atoms with Crippen molar-refractivity contribution in [3.8, 4) is 0 Å². The van der Waals surface area contributed by atoms with E-state index in [9.17, 15) is 0 Å². The molecule has 0 aromatic heterocycles. The van der Waals surface area contributed by atoms with Gasteiger partial charge in [-0.25, -0.2) is 0 Å². The molecule has 3 nitrogen and oxygen atoms in total. The van der Waals surface area contributed by atoms with Crippen LogP contribution in [0.3, 0.4) is 0 Å². The lowest BCUT2D eigenvalue weighted by molar-refractivity contribution is -0.00982. The highest BCUT2D eigenvalue weighted by molar-refractivity contribution is 6.31. The van der Waals surface area contributed by atoms with E-state index in [1.165, 1.54) is 0 Å². The third-order valence-corrected chi connectivity index (χ3v) is 2.78. The van der Waals surface area contributed by atoms with Crippen molar-refractivity contribution in [1.82, 2.24) is 5.32 Å². The second-order valence-corrected chi connectivity index (χ2v) is 4.19. The first-order valence-corrected chi connectivity index (χ1v) is 6.20. The Kier molecular flexibility index (Phi) is 7.21. The van der Waals surface area contributed by atoms with E-state index in [1.54, 1.807) is 7.11 Å². The third kappa shape index (κ3) is 5.50. The molecule has 0 fully saturated rings. The summed E-state index contributed by atoms with van der Waals surface area (Å²) in [6.45, 7) is 4.87. The number of likely N-dealkylation sites (N-methyl/N-ethyl adjacent to an activating group) is 1. The van der Waals surface area contributed by atoms with E-state index in [0.29, 0.717) is 13.2 Å². The van der Waals surface area contributed by atoms with Crippen LogP contribution < -0.4 is 5.32 Å². The van der Waals surface area contributed by atoms with Gasteiger partial charge in [-0.15, -0.1) is 0 Å². The second-order valence-electron chi connectivity index (χ2n) is 3.79. The van der Waals surface area contributed by atoms with Crippen LogP contribution in [0.1, 0.15) is 12.5 Å². The molecule has 0 aliphatic heterocycles. The van der Waals surface area contributed by atoms with E-state index < -0.39 is 0 Å². The molecule has 1 atom stereocenters. The number of ether oxygens (including phenoxy) is 2. The van der Waals surface area contributed by atoms with Gasteiger partial charge in [-0.3, -0.25) is 0 Å². The molecule has 4 heteroatoms. The van der Waals surface area contributed by atoms with E-state index in [-0.39, 0.29) is 6.10 Å². The molecule has 0 aliphatic carbocycles. The highest BCUT2D eigenvalue weighted by Crippen LogP contribution is 2.16. The molecule has 17 heavy (non-hydrogen) atoms. The molecule has 0 heterocycles. The molecular formula is C13H20ClNO2. The maximum absolute atomic E-state index is 6.06. The topological polar surface area (TPSA) is 30.5 Å². The zero-order valence-corrected chi connectivity index (χ0v) is 11.2. The monoisotopic (exact) mass is 257 g/mol.